The minimum absolute atomic E-state index is 0.105. The molecule has 4 heterocycles. The lowest BCUT2D eigenvalue weighted by atomic mass is 9.99. The third-order valence-corrected chi connectivity index (χ3v) is 10.6. The molecule has 2 fully saturated rings. The summed E-state index contributed by atoms with van der Waals surface area (Å²) in [4.78, 5) is 43.4. The number of thioether (sulfide) groups is 1. The van der Waals surface area contributed by atoms with Crippen LogP contribution >= 0.6 is 35.0 Å². The highest BCUT2D eigenvalue weighted by atomic mass is 35.5. The second kappa shape index (κ2) is 15.8. The van der Waals surface area contributed by atoms with Gasteiger partial charge in [-0.3, -0.25) is 19.1 Å². The van der Waals surface area contributed by atoms with Gasteiger partial charge in [0.2, 0.25) is 0 Å². The average molecular weight is 709 g/mol. The Balaban J connectivity index is 1.27. The molecule has 252 valence electrons. The molecule has 48 heavy (non-hydrogen) atoms. The van der Waals surface area contributed by atoms with Crippen molar-refractivity contribution in [1.29, 1.82) is 0 Å². The molecule has 3 N–H and O–H groups in total. The van der Waals surface area contributed by atoms with Crippen LogP contribution in [0.4, 0.5) is 0 Å². The summed E-state index contributed by atoms with van der Waals surface area (Å²) < 4.78 is 2.06. The van der Waals surface area contributed by atoms with Gasteiger partial charge in [-0.05, 0) is 56.3 Å². The van der Waals surface area contributed by atoms with Gasteiger partial charge in [0.25, 0.3) is 5.91 Å². The van der Waals surface area contributed by atoms with Crippen LogP contribution in [0, 0.1) is 11.8 Å². The zero-order valence-corrected chi connectivity index (χ0v) is 29.1. The van der Waals surface area contributed by atoms with E-state index < -0.39 is 11.8 Å². The van der Waals surface area contributed by atoms with Crippen LogP contribution in [0.25, 0.3) is 11.3 Å². The second-order valence-corrected chi connectivity index (χ2v) is 14.2. The summed E-state index contributed by atoms with van der Waals surface area (Å²) in [5.74, 6) is 6.92. The lowest BCUT2D eigenvalue weighted by molar-refractivity contribution is -0.144. The number of hydrogen-bond donors (Lipinski definition) is 2. The van der Waals surface area contributed by atoms with Gasteiger partial charge < -0.3 is 25.8 Å². The van der Waals surface area contributed by atoms with Crippen molar-refractivity contribution in [2.75, 3.05) is 63.9 Å². The first-order chi connectivity index (χ1) is 23.3. The Morgan fingerprint density at radius 1 is 0.917 bits per heavy atom. The van der Waals surface area contributed by atoms with Crippen LogP contribution in [0.5, 0.6) is 0 Å². The predicted octanol–water partition coefficient (Wildman–Crippen LogP) is 3.50. The fraction of sp³-hybridized carbons (Fsp3) is 0.429. The van der Waals surface area contributed by atoms with Gasteiger partial charge in [-0.15, -0.1) is 0 Å². The second-order valence-electron chi connectivity index (χ2n) is 12.2. The summed E-state index contributed by atoms with van der Waals surface area (Å²) >= 11 is 15.1. The number of primary amides is 1. The van der Waals surface area contributed by atoms with E-state index in [2.05, 4.69) is 26.7 Å². The van der Waals surface area contributed by atoms with Crippen LogP contribution in [0.15, 0.2) is 36.4 Å². The first-order valence-corrected chi connectivity index (χ1v) is 18.3. The van der Waals surface area contributed by atoms with Crippen LogP contribution in [-0.2, 0) is 29.1 Å². The van der Waals surface area contributed by atoms with E-state index in [1.165, 1.54) is 16.4 Å². The zero-order chi connectivity index (χ0) is 33.6. The van der Waals surface area contributed by atoms with Crippen LogP contribution in [0.3, 0.4) is 0 Å². The van der Waals surface area contributed by atoms with Crippen molar-refractivity contribution in [1.82, 2.24) is 29.8 Å². The van der Waals surface area contributed by atoms with Crippen molar-refractivity contribution >= 4 is 52.7 Å². The Morgan fingerprint density at radius 2 is 1.73 bits per heavy atom. The number of halogens is 2. The molecular formula is C35H39Cl2N7O3S. The van der Waals surface area contributed by atoms with E-state index >= 15 is 0 Å². The number of aryl methyl sites for hydroxylation is 1. The molecule has 13 heteroatoms. The average Bonchev–Trinajstić information content (AvgIpc) is 3.25. The lowest BCUT2D eigenvalue weighted by Crippen LogP contribution is -2.43. The number of nitrogens with one attached hydrogen (secondary N) is 1. The predicted molar refractivity (Wildman–Crippen MR) is 190 cm³/mol. The third-order valence-electron chi connectivity index (χ3n) is 8.99. The van der Waals surface area contributed by atoms with Crippen molar-refractivity contribution in [3.8, 4) is 23.1 Å². The normalized spacial score (nSPS) is 16.9. The SMILES string of the molecule is NC(=O)C(=O)N1CCc2c(c(-c3ccc(Cl)c(C#Cc4ccc(Cl)c(C(=O)N5CCCNCC5)c4)c3)nn2CCCN2CCSCC2)C1. The van der Waals surface area contributed by atoms with Crippen molar-refractivity contribution < 1.29 is 14.4 Å². The molecule has 1 aromatic heterocycles. The number of carbonyl (C=O) groups is 3. The largest absolute Gasteiger partial charge is 0.361 e. The summed E-state index contributed by atoms with van der Waals surface area (Å²) in [6.45, 7) is 7.54. The molecule has 3 amide bonds. The van der Waals surface area contributed by atoms with Gasteiger partial charge in [0.05, 0.1) is 27.8 Å². The molecule has 3 aliphatic rings. The van der Waals surface area contributed by atoms with Crippen LogP contribution < -0.4 is 11.1 Å². The fourth-order valence-electron chi connectivity index (χ4n) is 6.40. The van der Waals surface area contributed by atoms with Crippen molar-refractivity contribution in [2.24, 2.45) is 5.73 Å². The molecule has 0 radical (unpaired) electrons. The molecule has 6 rings (SSSR count). The molecule has 0 unspecified atom stereocenters. The number of fused-ring (bicyclic) bond motifs is 1. The number of rotatable bonds is 6. The number of nitrogens with two attached hydrogens (primary N) is 1. The highest BCUT2D eigenvalue weighted by Crippen LogP contribution is 2.32. The Labute approximate surface area is 295 Å². The van der Waals surface area contributed by atoms with E-state index in [0.717, 1.165) is 74.6 Å². The molecule has 3 aromatic rings. The minimum Gasteiger partial charge on any atom is -0.361 e. The first kappa shape index (κ1) is 34.3. The van der Waals surface area contributed by atoms with Crippen molar-refractivity contribution in [3.63, 3.8) is 0 Å². The maximum atomic E-state index is 13.3. The van der Waals surface area contributed by atoms with Crippen LogP contribution in [0.2, 0.25) is 10.0 Å². The molecule has 3 aliphatic heterocycles. The number of aromatic nitrogens is 2. The van der Waals surface area contributed by atoms with Gasteiger partial charge in [-0.25, -0.2) is 0 Å². The quantitative estimate of drug-likeness (QED) is 0.298. The number of benzene rings is 2. The Morgan fingerprint density at radius 3 is 2.54 bits per heavy atom. The van der Waals surface area contributed by atoms with E-state index in [0.29, 0.717) is 52.8 Å². The highest BCUT2D eigenvalue weighted by Gasteiger charge is 2.30. The summed E-state index contributed by atoms with van der Waals surface area (Å²) in [5.41, 5.74) is 10.5. The molecule has 0 bridgehead atoms. The maximum Gasteiger partial charge on any atom is 0.311 e. The number of carbonyl (C=O) groups excluding carboxylic acids is 3. The molecule has 2 aromatic carbocycles. The lowest BCUT2D eigenvalue weighted by Gasteiger charge is -2.27. The van der Waals surface area contributed by atoms with Gasteiger partial charge in [-0.1, -0.05) is 41.1 Å². The van der Waals surface area contributed by atoms with Crippen LogP contribution in [-0.4, -0.2) is 106 Å². The van der Waals surface area contributed by atoms with Crippen molar-refractivity contribution in [3.05, 3.63) is 74.4 Å². The molecule has 2 saturated heterocycles. The van der Waals surface area contributed by atoms with Crippen LogP contribution in [0.1, 0.15) is 45.6 Å². The van der Waals surface area contributed by atoms with Gasteiger partial charge in [0.1, 0.15) is 0 Å². The van der Waals surface area contributed by atoms with E-state index in [4.69, 9.17) is 34.0 Å². The summed E-state index contributed by atoms with van der Waals surface area (Å²) in [7, 11) is 0. The molecule has 10 nitrogen and oxygen atoms in total. The highest BCUT2D eigenvalue weighted by molar-refractivity contribution is 7.99. The topological polar surface area (TPSA) is 117 Å². The molecule has 0 aliphatic carbocycles. The molecule has 0 spiro atoms. The molecular weight excluding hydrogens is 669 g/mol. The van der Waals surface area contributed by atoms with E-state index in [-0.39, 0.29) is 12.5 Å². The van der Waals surface area contributed by atoms with E-state index in [1.807, 2.05) is 28.8 Å². The molecule has 0 atom stereocenters. The fourth-order valence-corrected chi connectivity index (χ4v) is 7.74. The third kappa shape index (κ3) is 8.01. The van der Waals surface area contributed by atoms with Gasteiger partial charge in [-0.2, -0.15) is 16.9 Å². The van der Waals surface area contributed by atoms with Gasteiger partial charge in [0.15, 0.2) is 0 Å². The Kier molecular flexibility index (Phi) is 11.3. The maximum absolute atomic E-state index is 13.3. The van der Waals surface area contributed by atoms with E-state index in [1.54, 1.807) is 24.3 Å². The standard InChI is InChI=1S/C35H39Cl2N7O3S/c36-29-8-6-26(22-25(29)5-3-24-4-7-30(37)27(21-24)34(46)42-13-1-10-39-11-16-42)32-28-23-43(35(47)33(38)45)15-9-31(28)44(40-32)14-2-12-41-17-19-48-20-18-41/h4,6-8,21-22,39H,1-2,9-20,23H2,(H2,38,45). The summed E-state index contributed by atoms with van der Waals surface area (Å²) in [6, 6.07) is 10.8. The monoisotopic (exact) mass is 707 g/mol. The number of hydrogen-bond acceptors (Lipinski definition) is 7. The Bertz CT molecular complexity index is 1750. The van der Waals surface area contributed by atoms with Gasteiger partial charge >= 0.3 is 11.8 Å². The first-order valence-electron chi connectivity index (χ1n) is 16.4. The van der Waals surface area contributed by atoms with Crippen molar-refractivity contribution in [2.45, 2.75) is 32.4 Å². The zero-order valence-electron chi connectivity index (χ0n) is 26.8. The summed E-state index contributed by atoms with van der Waals surface area (Å²) in [5, 5.41) is 9.24. The number of amides is 3. The van der Waals surface area contributed by atoms with Gasteiger partial charge in [0, 0.05) is 91.7 Å². The Hall–Kier alpha value is -3.53. The minimum atomic E-state index is -0.966. The smallest absolute Gasteiger partial charge is 0.311 e. The number of nitrogens with zero attached hydrogens (tertiary/aromatic N) is 5. The summed E-state index contributed by atoms with van der Waals surface area (Å²) in [6.07, 6.45) is 2.42. The van der Waals surface area contributed by atoms with E-state index in [9.17, 15) is 14.4 Å². The molecule has 0 saturated carbocycles.